The van der Waals surface area contributed by atoms with Gasteiger partial charge < -0.3 is 10.2 Å². The average molecular weight is 280 g/mol. The highest BCUT2D eigenvalue weighted by Crippen LogP contribution is 2.23. The van der Waals surface area contributed by atoms with E-state index in [2.05, 4.69) is 77.9 Å². The van der Waals surface area contributed by atoms with E-state index in [0.717, 1.165) is 6.54 Å². The van der Waals surface area contributed by atoms with Crippen molar-refractivity contribution in [3.05, 3.63) is 71.8 Å². The summed E-state index contributed by atoms with van der Waals surface area (Å²) >= 11 is 0. The van der Waals surface area contributed by atoms with Gasteiger partial charge in [-0.05, 0) is 37.6 Å². The summed E-state index contributed by atoms with van der Waals surface area (Å²) < 4.78 is 0. The van der Waals surface area contributed by atoms with Crippen molar-refractivity contribution in [3.8, 4) is 0 Å². The van der Waals surface area contributed by atoms with E-state index in [1.807, 2.05) is 0 Å². The molecule has 3 rings (SSSR count). The van der Waals surface area contributed by atoms with E-state index in [4.69, 9.17) is 0 Å². The zero-order chi connectivity index (χ0) is 14.5. The molecule has 2 aromatic rings. The lowest BCUT2D eigenvalue weighted by atomic mass is 9.98. The second kappa shape index (κ2) is 6.88. The van der Waals surface area contributed by atoms with Crippen molar-refractivity contribution < 1.29 is 0 Å². The molecule has 0 saturated carbocycles. The Morgan fingerprint density at radius 3 is 2.05 bits per heavy atom. The zero-order valence-corrected chi connectivity index (χ0v) is 12.7. The molecule has 0 radical (unpaired) electrons. The second-order valence-corrected chi connectivity index (χ2v) is 5.94. The Labute approximate surface area is 127 Å². The number of hydrogen-bond donors (Lipinski definition) is 1. The van der Waals surface area contributed by atoms with Crippen molar-refractivity contribution in [3.63, 3.8) is 0 Å². The highest BCUT2D eigenvalue weighted by Gasteiger charge is 2.22. The van der Waals surface area contributed by atoms with E-state index in [9.17, 15) is 0 Å². The van der Waals surface area contributed by atoms with Crippen molar-refractivity contribution in [1.29, 1.82) is 0 Å². The Balaban J connectivity index is 1.76. The maximum atomic E-state index is 3.78. The molecule has 0 aromatic heterocycles. The summed E-state index contributed by atoms with van der Waals surface area (Å²) in [6.07, 6.45) is 2.63. The minimum absolute atomic E-state index is 0.279. The van der Waals surface area contributed by atoms with Crippen LogP contribution in [0, 0.1) is 0 Å². The van der Waals surface area contributed by atoms with Crippen LogP contribution in [0.5, 0.6) is 0 Å². The monoisotopic (exact) mass is 280 g/mol. The Kier molecular flexibility index (Phi) is 4.69. The predicted octanol–water partition coefficient (Wildman–Crippen LogP) is 3.46. The van der Waals surface area contributed by atoms with Crippen LogP contribution in [-0.4, -0.2) is 31.1 Å². The molecule has 0 aliphatic carbocycles. The van der Waals surface area contributed by atoms with E-state index < -0.39 is 0 Å². The van der Waals surface area contributed by atoms with Crippen molar-refractivity contribution in [2.45, 2.75) is 24.9 Å². The molecule has 2 nitrogen and oxygen atoms in total. The lowest BCUT2D eigenvalue weighted by molar-refractivity contribution is 0.296. The summed E-state index contributed by atoms with van der Waals surface area (Å²) in [4.78, 5) is 2.47. The minimum atomic E-state index is 0.279. The quantitative estimate of drug-likeness (QED) is 0.902. The van der Waals surface area contributed by atoms with Gasteiger partial charge in [0.1, 0.15) is 0 Å². The van der Waals surface area contributed by atoms with Gasteiger partial charge in [0.05, 0.1) is 6.04 Å². The second-order valence-electron chi connectivity index (χ2n) is 5.94. The molecule has 2 aromatic carbocycles. The van der Waals surface area contributed by atoms with Crippen LogP contribution in [0.3, 0.4) is 0 Å². The lowest BCUT2D eigenvalue weighted by Crippen LogP contribution is -2.37. The molecule has 1 fully saturated rings. The first-order valence-corrected chi connectivity index (χ1v) is 7.88. The van der Waals surface area contributed by atoms with Gasteiger partial charge in [0.2, 0.25) is 0 Å². The molecule has 1 heterocycles. The molecule has 110 valence electrons. The Morgan fingerprint density at radius 2 is 1.57 bits per heavy atom. The smallest absolute Gasteiger partial charge is 0.0577 e. The van der Waals surface area contributed by atoms with Crippen molar-refractivity contribution in [2.24, 2.45) is 0 Å². The number of likely N-dealkylation sites (N-methyl/N-ethyl adjacent to an activating group) is 1. The van der Waals surface area contributed by atoms with Crippen molar-refractivity contribution >= 4 is 0 Å². The molecule has 1 N–H and O–H groups in total. The highest BCUT2D eigenvalue weighted by atomic mass is 15.2. The van der Waals surface area contributed by atoms with Crippen LogP contribution in [0.2, 0.25) is 0 Å². The molecule has 1 aliphatic rings. The molecule has 2 heteroatoms. The maximum Gasteiger partial charge on any atom is 0.0577 e. The van der Waals surface area contributed by atoms with Gasteiger partial charge in [0.15, 0.2) is 0 Å². The number of hydrogen-bond acceptors (Lipinski definition) is 2. The van der Waals surface area contributed by atoms with Gasteiger partial charge in [0.25, 0.3) is 0 Å². The normalized spacial score (nSPS) is 19.2. The summed E-state index contributed by atoms with van der Waals surface area (Å²) in [6, 6.07) is 22.4. The van der Waals surface area contributed by atoms with Gasteiger partial charge >= 0.3 is 0 Å². The first-order valence-electron chi connectivity index (χ1n) is 7.88. The third-order valence-corrected chi connectivity index (χ3v) is 4.49. The Bertz CT molecular complexity index is 499. The minimum Gasteiger partial charge on any atom is -0.305 e. The summed E-state index contributed by atoms with van der Waals surface area (Å²) in [5.41, 5.74) is 2.67. The molecule has 1 unspecified atom stereocenters. The fourth-order valence-electron chi connectivity index (χ4n) is 3.21. The molecule has 1 saturated heterocycles. The van der Waals surface area contributed by atoms with Gasteiger partial charge in [0, 0.05) is 12.6 Å². The van der Waals surface area contributed by atoms with Gasteiger partial charge in [-0.1, -0.05) is 60.7 Å². The third-order valence-electron chi connectivity index (χ3n) is 4.49. The van der Waals surface area contributed by atoms with Crippen LogP contribution in [0.1, 0.15) is 30.0 Å². The summed E-state index contributed by atoms with van der Waals surface area (Å²) in [5.74, 6) is 0. The summed E-state index contributed by atoms with van der Waals surface area (Å²) in [7, 11) is 2.24. The van der Waals surface area contributed by atoms with Gasteiger partial charge in [-0.25, -0.2) is 0 Å². The number of likely N-dealkylation sites (tertiary alicyclic amines) is 1. The van der Waals surface area contributed by atoms with E-state index in [0.29, 0.717) is 6.04 Å². The van der Waals surface area contributed by atoms with Crippen LogP contribution >= 0.6 is 0 Å². The van der Waals surface area contributed by atoms with E-state index in [1.165, 1.54) is 30.5 Å². The van der Waals surface area contributed by atoms with Gasteiger partial charge in [-0.2, -0.15) is 0 Å². The van der Waals surface area contributed by atoms with Gasteiger partial charge in [-0.3, -0.25) is 0 Å². The van der Waals surface area contributed by atoms with Crippen LogP contribution < -0.4 is 5.32 Å². The Hall–Kier alpha value is -1.64. The number of benzene rings is 2. The van der Waals surface area contributed by atoms with Crippen LogP contribution in [0.25, 0.3) is 0 Å². The fourth-order valence-corrected chi connectivity index (χ4v) is 3.21. The van der Waals surface area contributed by atoms with Crippen LogP contribution in [0.4, 0.5) is 0 Å². The number of nitrogens with zero attached hydrogens (tertiary/aromatic N) is 1. The zero-order valence-electron chi connectivity index (χ0n) is 12.7. The van der Waals surface area contributed by atoms with E-state index in [1.54, 1.807) is 0 Å². The van der Waals surface area contributed by atoms with Crippen molar-refractivity contribution in [1.82, 2.24) is 10.2 Å². The van der Waals surface area contributed by atoms with E-state index in [-0.39, 0.29) is 6.04 Å². The topological polar surface area (TPSA) is 15.3 Å². The molecule has 1 aliphatic heterocycles. The molecule has 21 heavy (non-hydrogen) atoms. The SMILES string of the molecule is CN1CCCC1CNC(c1ccccc1)c1ccccc1. The standard InChI is InChI=1S/C19H24N2/c1-21-14-8-13-18(21)15-20-19(16-9-4-2-5-10-16)17-11-6-3-7-12-17/h2-7,9-12,18-20H,8,13-15H2,1H3. The molecular weight excluding hydrogens is 256 g/mol. The highest BCUT2D eigenvalue weighted by molar-refractivity contribution is 5.31. The number of nitrogens with one attached hydrogen (secondary N) is 1. The lowest BCUT2D eigenvalue weighted by Gasteiger charge is -2.25. The summed E-state index contributed by atoms with van der Waals surface area (Å²) in [5, 5.41) is 3.78. The largest absolute Gasteiger partial charge is 0.305 e. The maximum absolute atomic E-state index is 3.78. The first kappa shape index (κ1) is 14.3. The van der Waals surface area contributed by atoms with Crippen LogP contribution in [0.15, 0.2) is 60.7 Å². The number of rotatable bonds is 5. The van der Waals surface area contributed by atoms with Gasteiger partial charge in [-0.15, -0.1) is 0 Å². The summed E-state index contributed by atoms with van der Waals surface area (Å²) in [6.45, 7) is 2.28. The first-order chi connectivity index (χ1) is 10.3. The van der Waals surface area contributed by atoms with Crippen LogP contribution in [-0.2, 0) is 0 Å². The average Bonchev–Trinajstić information content (AvgIpc) is 2.95. The molecular formula is C19H24N2. The van der Waals surface area contributed by atoms with E-state index >= 15 is 0 Å². The third kappa shape index (κ3) is 3.52. The predicted molar refractivity (Wildman–Crippen MR) is 88.4 cm³/mol. The van der Waals surface area contributed by atoms with Crippen molar-refractivity contribution in [2.75, 3.05) is 20.1 Å². The molecule has 0 bridgehead atoms. The fraction of sp³-hybridized carbons (Fsp3) is 0.368. The Morgan fingerprint density at radius 1 is 1.00 bits per heavy atom. The molecule has 0 spiro atoms. The molecule has 1 atom stereocenters. The molecule has 0 amide bonds.